The van der Waals surface area contributed by atoms with Crippen LogP contribution in [0.1, 0.15) is 29.0 Å². The van der Waals surface area contributed by atoms with Gasteiger partial charge in [-0.1, -0.05) is 146 Å². The number of hydrogen-bond acceptors (Lipinski definition) is 4. The van der Waals surface area contributed by atoms with Crippen LogP contribution >= 0.6 is 0 Å². The third-order valence-electron chi connectivity index (χ3n) is 10.1. The van der Waals surface area contributed by atoms with Crippen molar-refractivity contribution in [1.82, 2.24) is 10.6 Å². The van der Waals surface area contributed by atoms with Gasteiger partial charge in [-0.25, -0.2) is 4.99 Å². The number of hydrogen-bond donors (Lipinski definition) is 2. The number of fused-ring (bicyclic) bond motifs is 6. The molecule has 2 heterocycles. The normalized spacial score (nSPS) is 16.0. The Balaban J connectivity index is 1.17. The Bertz CT molecular complexity index is 2770. The molecule has 2 atom stereocenters. The Morgan fingerprint density at radius 3 is 1.96 bits per heavy atom. The number of aliphatic imine (C=N–C) groups is 1. The number of furan rings is 1. The van der Waals surface area contributed by atoms with E-state index in [-0.39, 0.29) is 12.3 Å². The first-order chi connectivity index (χ1) is 25.2. The molecule has 0 amide bonds. The van der Waals surface area contributed by atoms with Crippen molar-refractivity contribution >= 4 is 49.3 Å². The standard InChI is InChI=1S/C47H33N3O/c1-3-12-30(13-4-1)35-19-11-20-36(26-35)41-28-38(29-42-40-25-24-32-15-9-10-21-39(32)43(40)51-44(41)42)47-49-45(33-16-5-2-6-17-33)48-46(50-47)37-23-22-31-14-7-8-18-34(31)27-37/h1-29,46-47,50H,(H,48,49). The quantitative estimate of drug-likeness (QED) is 0.194. The summed E-state index contributed by atoms with van der Waals surface area (Å²) in [6, 6.07) is 62.3. The number of nitrogens with one attached hydrogen (secondary N) is 2. The lowest BCUT2D eigenvalue weighted by Crippen LogP contribution is -2.45. The van der Waals surface area contributed by atoms with Crippen molar-refractivity contribution in [3.8, 4) is 22.3 Å². The lowest BCUT2D eigenvalue weighted by atomic mass is 9.94. The molecule has 2 unspecified atom stereocenters. The summed E-state index contributed by atoms with van der Waals surface area (Å²) in [5.74, 6) is 0.855. The van der Waals surface area contributed by atoms with Crippen LogP contribution in [0.2, 0.25) is 0 Å². The molecular weight excluding hydrogens is 623 g/mol. The van der Waals surface area contributed by atoms with E-state index >= 15 is 0 Å². The fourth-order valence-corrected chi connectivity index (χ4v) is 7.53. The van der Waals surface area contributed by atoms with Crippen molar-refractivity contribution in [2.75, 3.05) is 0 Å². The predicted molar refractivity (Wildman–Crippen MR) is 211 cm³/mol. The monoisotopic (exact) mass is 655 g/mol. The van der Waals surface area contributed by atoms with Crippen LogP contribution in [0.15, 0.2) is 185 Å². The highest BCUT2D eigenvalue weighted by molar-refractivity contribution is 6.17. The fraction of sp³-hybridized carbons (Fsp3) is 0.0426. The molecular formula is C47H33N3O. The van der Waals surface area contributed by atoms with Crippen molar-refractivity contribution in [3.05, 3.63) is 193 Å². The average Bonchev–Trinajstić information content (AvgIpc) is 3.60. The average molecular weight is 656 g/mol. The van der Waals surface area contributed by atoms with Crippen molar-refractivity contribution in [2.45, 2.75) is 12.3 Å². The summed E-state index contributed by atoms with van der Waals surface area (Å²) < 4.78 is 6.90. The van der Waals surface area contributed by atoms with E-state index in [0.29, 0.717) is 0 Å². The van der Waals surface area contributed by atoms with Gasteiger partial charge in [0.25, 0.3) is 0 Å². The van der Waals surface area contributed by atoms with E-state index in [1.165, 1.54) is 16.3 Å². The first-order valence-corrected chi connectivity index (χ1v) is 17.4. The molecule has 9 aromatic rings. The Hall–Kier alpha value is -6.49. The van der Waals surface area contributed by atoms with Crippen LogP contribution < -0.4 is 10.6 Å². The van der Waals surface area contributed by atoms with E-state index in [2.05, 4.69) is 180 Å². The Kier molecular flexibility index (Phi) is 7.00. The van der Waals surface area contributed by atoms with E-state index < -0.39 is 0 Å². The number of nitrogens with zero attached hydrogens (tertiary/aromatic N) is 1. The maximum Gasteiger partial charge on any atom is 0.143 e. The molecule has 242 valence electrons. The van der Waals surface area contributed by atoms with E-state index in [9.17, 15) is 0 Å². The summed E-state index contributed by atoms with van der Waals surface area (Å²) in [5, 5.41) is 14.5. The summed E-state index contributed by atoms with van der Waals surface area (Å²) in [4.78, 5) is 5.24. The van der Waals surface area contributed by atoms with Crippen LogP contribution in [0.3, 0.4) is 0 Å². The first kappa shape index (κ1) is 29.4. The van der Waals surface area contributed by atoms with Crippen molar-refractivity contribution in [3.63, 3.8) is 0 Å². The van der Waals surface area contributed by atoms with Crippen LogP contribution in [0, 0.1) is 0 Å². The van der Waals surface area contributed by atoms with Crippen molar-refractivity contribution < 1.29 is 4.42 Å². The Morgan fingerprint density at radius 1 is 0.431 bits per heavy atom. The zero-order chi connectivity index (χ0) is 33.7. The summed E-state index contributed by atoms with van der Waals surface area (Å²) in [5.41, 5.74) is 9.56. The lowest BCUT2D eigenvalue weighted by molar-refractivity contribution is 0.409. The largest absolute Gasteiger partial charge is 0.455 e. The number of amidine groups is 1. The van der Waals surface area contributed by atoms with Gasteiger partial charge in [0.05, 0.1) is 0 Å². The molecule has 0 saturated heterocycles. The van der Waals surface area contributed by atoms with Crippen LogP contribution in [-0.4, -0.2) is 5.84 Å². The van der Waals surface area contributed by atoms with Gasteiger partial charge in [-0.2, -0.15) is 0 Å². The molecule has 4 heteroatoms. The minimum Gasteiger partial charge on any atom is -0.455 e. The maximum atomic E-state index is 6.90. The third-order valence-corrected chi connectivity index (χ3v) is 10.1. The molecule has 8 aromatic carbocycles. The summed E-state index contributed by atoms with van der Waals surface area (Å²) in [6.07, 6.45) is -0.498. The second kappa shape index (κ2) is 12.1. The van der Waals surface area contributed by atoms with Gasteiger partial charge in [0.2, 0.25) is 0 Å². The van der Waals surface area contributed by atoms with Gasteiger partial charge in [-0.05, 0) is 74.3 Å². The second-order valence-electron chi connectivity index (χ2n) is 13.3. The summed E-state index contributed by atoms with van der Waals surface area (Å²) in [6.45, 7) is 0. The Labute approximate surface area is 295 Å². The van der Waals surface area contributed by atoms with E-state index in [0.717, 1.165) is 71.9 Å². The molecule has 0 aliphatic carbocycles. The second-order valence-corrected chi connectivity index (χ2v) is 13.3. The summed E-state index contributed by atoms with van der Waals surface area (Å²) >= 11 is 0. The van der Waals surface area contributed by atoms with Gasteiger partial charge in [0, 0.05) is 27.3 Å². The molecule has 1 aliphatic heterocycles. The molecule has 1 aromatic heterocycles. The van der Waals surface area contributed by atoms with E-state index in [1.54, 1.807) is 0 Å². The van der Waals surface area contributed by atoms with Crippen LogP contribution in [0.25, 0.3) is 65.7 Å². The lowest BCUT2D eigenvalue weighted by Gasteiger charge is -2.32. The molecule has 0 fully saturated rings. The minimum absolute atomic E-state index is 0.236. The SMILES string of the molecule is c1ccc(C2=NC(c3ccc4ccccc4c3)NC(c3cc(-c4cccc(-c5ccccc5)c4)c4oc5c6ccccc6ccc5c4c3)N2)cc1. The zero-order valence-electron chi connectivity index (χ0n) is 27.8. The first-order valence-electron chi connectivity index (χ1n) is 17.4. The molecule has 0 spiro atoms. The predicted octanol–water partition coefficient (Wildman–Crippen LogP) is 11.6. The third kappa shape index (κ3) is 5.25. The van der Waals surface area contributed by atoms with Gasteiger partial charge >= 0.3 is 0 Å². The van der Waals surface area contributed by atoms with E-state index in [4.69, 9.17) is 9.41 Å². The van der Waals surface area contributed by atoms with Crippen LogP contribution in [0.4, 0.5) is 0 Å². The molecule has 0 saturated carbocycles. The molecule has 0 bridgehead atoms. The van der Waals surface area contributed by atoms with Gasteiger partial charge in [0.15, 0.2) is 0 Å². The van der Waals surface area contributed by atoms with Crippen LogP contribution in [-0.2, 0) is 0 Å². The minimum atomic E-state index is -0.262. The highest BCUT2D eigenvalue weighted by Crippen LogP contribution is 2.42. The van der Waals surface area contributed by atoms with Gasteiger partial charge in [0.1, 0.15) is 29.3 Å². The topological polar surface area (TPSA) is 49.6 Å². The van der Waals surface area contributed by atoms with Crippen LogP contribution in [0.5, 0.6) is 0 Å². The molecule has 1 aliphatic rings. The fourth-order valence-electron chi connectivity index (χ4n) is 7.53. The molecule has 4 nitrogen and oxygen atoms in total. The zero-order valence-corrected chi connectivity index (χ0v) is 27.8. The van der Waals surface area contributed by atoms with Gasteiger partial charge in [-0.3, -0.25) is 5.32 Å². The van der Waals surface area contributed by atoms with Crippen molar-refractivity contribution in [2.24, 2.45) is 4.99 Å². The molecule has 0 radical (unpaired) electrons. The Morgan fingerprint density at radius 2 is 1.12 bits per heavy atom. The number of rotatable bonds is 5. The molecule has 2 N–H and O–H groups in total. The summed E-state index contributed by atoms with van der Waals surface area (Å²) in [7, 11) is 0. The number of benzene rings is 8. The maximum absolute atomic E-state index is 6.90. The smallest absolute Gasteiger partial charge is 0.143 e. The van der Waals surface area contributed by atoms with Crippen molar-refractivity contribution in [1.29, 1.82) is 0 Å². The van der Waals surface area contributed by atoms with E-state index in [1.807, 2.05) is 6.07 Å². The molecule has 51 heavy (non-hydrogen) atoms. The highest BCUT2D eigenvalue weighted by Gasteiger charge is 2.27. The molecule has 10 rings (SSSR count). The van der Waals surface area contributed by atoms with Gasteiger partial charge in [-0.15, -0.1) is 0 Å². The highest BCUT2D eigenvalue weighted by atomic mass is 16.3. The van der Waals surface area contributed by atoms with Gasteiger partial charge < -0.3 is 9.73 Å².